The number of carbonyl (C=O) groups excluding carboxylic acids is 1. The summed E-state index contributed by atoms with van der Waals surface area (Å²) in [6.45, 7) is 0. The number of rotatable bonds is 5. The number of carbonyl (C=O) groups is 1. The van der Waals surface area contributed by atoms with Crippen molar-refractivity contribution in [2.24, 2.45) is 0 Å². The number of urea groups is 1. The number of sulfone groups is 1. The van der Waals surface area contributed by atoms with Crippen LogP contribution in [0.25, 0.3) is 0 Å². The van der Waals surface area contributed by atoms with E-state index in [1.165, 1.54) is 12.1 Å². The molecule has 3 rings (SSSR count). The molecule has 2 aromatic carbocycles. The van der Waals surface area contributed by atoms with Crippen molar-refractivity contribution in [3.63, 3.8) is 0 Å². The van der Waals surface area contributed by atoms with E-state index in [0.29, 0.717) is 6.07 Å². The first-order chi connectivity index (χ1) is 15.3. The summed E-state index contributed by atoms with van der Waals surface area (Å²) in [7, 11) is -3.69. The van der Waals surface area contributed by atoms with Crippen molar-refractivity contribution in [1.82, 2.24) is 9.97 Å². The van der Waals surface area contributed by atoms with E-state index >= 15 is 0 Å². The largest absolute Gasteiger partial charge is 0.439 e. The molecule has 0 aliphatic carbocycles. The van der Waals surface area contributed by atoms with Crippen molar-refractivity contribution in [3.05, 3.63) is 65.1 Å². The molecule has 3 aromatic rings. The van der Waals surface area contributed by atoms with Gasteiger partial charge in [-0.25, -0.2) is 22.6 Å². The number of hydrogen-bond acceptors (Lipinski definition) is 6. The number of benzene rings is 2. The van der Waals surface area contributed by atoms with Crippen molar-refractivity contribution in [2.75, 3.05) is 16.9 Å². The molecule has 0 radical (unpaired) electrons. The summed E-state index contributed by atoms with van der Waals surface area (Å²) >= 11 is 5.52. The van der Waals surface area contributed by atoms with E-state index in [1.54, 1.807) is 0 Å². The van der Waals surface area contributed by atoms with E-state index in [4.69, 9.17) is 16.3 Å². The van der Waals surface area contributed by atoms with Gasteiger partial charge in [0, 0.05) is 30.3 Å². The predicted octanol–water partition coefficient (Wildman–Crippen LogP) is 5.13. The third-order valence-corrected chi connectivity index (χ3v) is 5.07. The highest BCUT2D eigenvalue weighted by Gasteiger charge is 2.33. The summed E-state index contributed by atoms with van der Waals surface area (Å²) in [6.07, 6.45) is -2.67. The van der Waals surface area contributed by atoms with Gasteiger partial charge in [0.2, 0.25) is 20.9 Å². The van der Waals surface area contributed by atoms with Crippen LogP contribution in [0, 0.1) is 5.82 Å². The summed E-state index contributed by atoms with van der Waals surface area (Å²) in [5, 5.41) is 3.28. The van der Waals surface area contributed by atoms with Crippen molar-refractivity contribution in [2.45, 2.75) is 11.3 Å². The maximum absolute atomic E-state index is 14.4. The summed E-state index contributed by atoms with van der Waals surface area (Å²) < 4.78 is 81.5. The van der Waals surface area contributed by atoms with Crippen LogP contribution in [0.2, 0.25) is 5.02 Å². The smallest absolute Gasteiger partial charge is 0.417 e. The van der Waals surface area contributed by atoms with Gasteiger partial charge in [0.1, 0.15) is 11.6 Å². The summed E-state index contributed by atoms with van der Waals surface area (Å²) in [6, 6.07) is 6.28. The van der Waals surface area contributed by atoms with Gasteiger partial charge in [0.05, 0.1) is 16.3 Å². The topological polar surface area (TPSA) is 110 Å². The number of nitrogens with one attached hydrogen (secondary N) is 2. The molecule has 0 aliphatic heterocycles. The molecule has 0 unspecified atom stereocenters. The second-order valence-electron chi connectivity index (χ2n) is 6.46. The van der Waals surface area contributed by atoms with E-state index in [2.05, 4.69) is 20.6 Å². The van der Waals surface area contributed by atoms with Gasteiger partial charge in [0.25, 0.3) is 0 Å². The molecule has 0 saturated heterocycles. The second kappa shape index (κ2) is 9.19. The Morgan fingerprint density at radius 1 is 1.09 bits per heavy atom. The Labute approximate surface area is 189 Å². The molecule has 2 amide bonds. The van der Waals surface area contributed by atoms with Crippen LogP contribution >= 0.6 is 11.6 Å². The van der Waals surface area contributed by atoms with Gasteiger partial charge in [-0.1, -0.05) is 11.6 Å². The zero-order valence-corrected chi connectivity index (χ0v) is 18.0. The Bertz CT molecular complexity index is 1320. The molecule has 0 fully saturated rings. The predicted molar refractivity (Wildman–Crippen MR) is 111 cm³/mol. The Morgan fingerprint density at radius 2 is 1.82 bits per heavy atom. The molecule has 0 atom stereocenters. The summed E-state index contributed by atoms with van der Waals surface area (Å²) in [4.78, 5) is 19.4. The number of amides is 2. The summed E-state index contributed by atoms with van der Waals surface area (Å²) in [5.41, 5.74) is -1.65. The molecule has 14 heteroatoms. The SMILES string of the molecule is CS(=O)(=O)c1nccc(Oc2ccc(NC(=O)Nc3ccc(Cl)c(C(F)(F)F)c3)c(F)c2)n1. The van der Waals surface area contributed by atoms with Crippen LogP contribution in [-0.2, 0) is 16.0 Å². The first-order valence-corrected chi connectivity index (χ1v) is 11.0. The van der Waals surface area contributed by atoms with Crippen LogP contribution in [0.15, 0.2) is 53.8 Å². The highest BCUT2D eigenvalue weighted by Crippen LogP contribution is 2.36. The molecule has 0 spiro atoms. The molecule has 8 nitrogen and oxygen atoms in total. The Morgan fingerprint density at radius 3 is 2.45 bits per heavy atom. The van der Waals surface area contributed by atoms with Gasteiger partial charge in [0.15, 0.2) is 0 Å². The molecular formula is C19H13ClF4N4O4S. The summed E-state index contributed by atoms with van der Waals surface area (Å²) in [5.74, 6) is -1.16. The third kappa shape index (κ3) is 6.29. The lowest BCUT2D eigenvalue weighted by Gasteiger charge is -2.13. The van der Waals surface area contributed by atoms with Crippen molar-refractivity contribution < 1.29 is 35.5 Å². The van der Waals surface area contributed by atoms with Crippen LogP contribution in [0.4, 0.5) is 33.7 Å². The maximum atomic E-state index is 14.4. The van der Waals surface area contributed by atoms with Gasteiger partial charge in [-0.3, -0.25) is 0 Å². The fourth-order valence-corrected chi connectivity index (χ4v) is 3.18. The molecule has 0 saturated carbocycles. The molecule has 174 valence electrons. The zero-order chi connectivity index (χ0) is 24.4. The molecular weight excluding hydrogens is 492 g/mol. The van der Waals surface area contributed by atoms with Crippen LogP contribution < -0.4 is 15.4 Å². The molecule has 1 heterocycles. The third-order valence-electron chi connectivity index (χ3n) is 3.88. The lowest BCUT2D eigenvalue weighted by molar-refractivity contribution is -0.137. The Balaban J connectivity index is 1.70. The lowest BCUT2D eigenvalue weighted by Crippen LogP contribution is -2.20. The van der Waals surface area contributed by atoms with E-state index in [1.807, 2.05) is 0 Å². The van der Waals surface area contributed by atoms with Crippen molar-refractivity contribution >= 4 is 38.8 Å². The standard InChI is InChI=1S/C19H13ClF4N4O4S/c1-33(30,31)18-25-7-6-16(28-18)32-11-3-5-15(14(21)9-11)27-17(29)26-10-2-4-13(20)12(8-10)19(22,23)24/h2-9H,1H3,(H2,26,27,29). The Hall–Kier alpha value is -3.45. The normalized spacial score (nSPS) is 11.7. The van der Waals surface area contributed by atoms with E-state index in [-0.39, 0.29) is 23.0 Å². The number of aromatic nitrogens is 2. The molecule has 2 N–H and O–H groups in total. The molecule has 0 bridgehead atoms. The number of anilines is 2. The Kier molecular flexibility index (Phi) is 6.74. The number of ether oxygens (including phenoxy) is 1. The number of alkyl halides is 3. The van der Waals surface area contributed by atoms with Crippen LogP contribution in [0.5, 0.6) is 11.6 Å². The minimum absolute atomic E-state index is 0.0656. The van der Waals surface area contributed by atoms with Crippen molar-refractivity contribution in [1.29, 1.82) is 0 Å². The van der Waals surface area contributed by atoms with E-state index < -0.39 is 43.6 Å². The van der Waals surface area contributed by atoms with Crippen LogP contribution in [0.1, 0.15) is 5.56 Å². The number of hydrogen-bond donors (Lipinski definition) is 2. The van der Waals surface area contributed by atoms with E-state index in [9.17, 15) is 30.8 Å². The van der Waals surface area contributed by atoms with Crippen molar-refractivity contribution in [3.8, 4) is 11.6 Å². The fourth-order valence-electron chi connectivity index (χ4n) is 2.45. The van der Waals surface area contributed by atoms with Crippen LogP contribution in [-0.4, -0.2) is 30.7 Å². The molecule has 33 heavy (non-hydrogen) atoms. The molecule has 1 aromatic heterocycles. The highest BCUT2D eigenvalue weighted by atomic mass is 35.5. The first-order valence-electron chi connectivity index (χ1n) is 8.78. The van der Waals surface area contributed by atoms with Crippen LogP contribution in [0.3, 0.4) is 0 Å². The average Bonchev–Trinajstić information content (AvgIpc) is 2.70. The minimum atomic E-state index is -4.72. The average molecular weight is 505 g/mol. The fraction of sp³-hybridized carbons (Fsp3) is 0.105. The van der Waals surface area contributed by atoms with Gasteiger partial charge in [-0.15, -0.1) is 0 Å². The quantitative estimate of drug-likeness (QED) is 0.368. The maximum Gasteiger partial charge on any atom is 0.417 e. The van der Waals surface area contributed by atoms with Gasteiger partial charge in [-0.2, -0.15) is 18.2 Å². The monoisotopic (exact) mass is 504 g/mol. The second-order valence-corrected chi connectivity index (χ2v) is 8.78. The molecule has 0 aliphatic rings. The van der Waals surface area contributed by atoms with Gasteiger partial charge < -0.3 is 15.4 Å². The zero-order valence-electron chi connectivity index (χ0n) is 16.4. The lowest BCUT2D eigenvalue weighted by atomic mass is 10.2. The number of halogens is 5. The van der Waals surface area contributed by atoms with E-state index in [0.717, 1.165) is 36.7 Å². The van der Waals surface area contributed by atoms with Gasteiger partial charge >= 0.3 is 12.2 Å². The number of nitrogens with zero attached hydrogens (tertiary/aromatic N) is 2. The van der Waals surface area contributed by atoms with Gasteiger partial charge in [-0.05, 0) is 30.3 Å². The minimum Gasteiger partial charge on any atom is -0.439 e. The highest BCUT2D eigenvalue weighted by molar-refractivity contribution is 7.90. The first kappa shape index (κ1) is 24.2.